The van der Waals surface area contributed by atoms with E-state index in [1.807, 2.05) is 29.2 Å². The van der Waals surface area contributed by atoms with Gasteiger partial charge in [0.1, 0.15) is 0 Å². The van der Waals surface area contributed by atoms with E-state index in [0.29, 0.717) is 19.6 Å². The van der Waals surface area contributed by atoms with Gasteiger partial charge in [-0.1, -0.05) is 18.2 Å². The van der Waals surface area contributed by atoms with Crippen LogP contribution in [0.5, 0.6) is 0 Å². The molecule has 2 aliphatic heterocycles. The van der Waals surface area contributed by atoms with Gasteiger partial charge in [0.15, 0.2) is 0 Å². The lowest BCUT2D eigenvalue weighted by Gasteiger charge is -2.35. The first-order valence-electron chi connectivity index (χ1n) is 9.85. The molecule has 0 aliphatic carbocycles. The van der Waals surface area contributed by atoms with Crippen LogP contribution < -0.4 is 10.6 Å². The van der Waals surface area contributed by atoms with Crippen LogP contribution in [0.4, 0.5) is 36.8 Å². The smallest absolute Gasteiger partial charge is 0.426 e. The molecule has 3 rings (SSSR count). The van der Waals surface area contributed by atoms with Crippen LogP contribution in [0.15, 0.2) is 24.3 Å². The van der Waals surface area contributed by atoms with E-state index in [4.69, 9.17) is 5.73 Å². The van der Waals surface area contributed by atoms with Gasteiger partial charge in [-0.2, -0.15) is 26.3 Å². The highest BCUT2D eigenvalue weighted by Crippen LogP contribution is 2.36. The summed E-state index contributed by atoms with van der Waals surface area (Å²) < 4.78 is 79.4. The van der Waals surface area contributed by atoms with Crippen molar-refractivity contribution in [2.24, 2.45) is 5.73 Å². The summed E-state index contributed by atoms with van der Waals surface area (Å²) in [5.74, 6) is 0. The normalized spacial score (nSPS) is 21.1. The molecule has 1 aromatic rings. The van der Waals surface area contributed by atoms with E-state index in [-0.39, 0.29) is 19.1 Å². The molecule has 1 unspecified atom stereocenters. The van der Waals surface area contributed by atoms with Crippen molar-refractivity contribution in [2.45, 2.75) is 37.5 Å². The Balaban J connectivity index is 1.56. The minimum atomic E-state index is -5.72. The van der Waals surface area contributed by atoms with Gasteiger partial charge in [0.05, 0.1) is 0 Å². The number of benzene rings is 1. The number of carbonyl (C=O) groups is 1. The van der Waals surface area contributed by atoms with E-state index in [1.54, 1.807) is 0 Å². The van der Waals surface area contributed by atoms with Crippen molar-refractivity contribution in [1.29, 1.82) is 0 Å². The second kappa shape index (κ2) is 9.11. The third-order valence-corrected chi connectivity index (χ3v) is 5.39. The molecule has 2 saturated heterocycles. The fourth-order valence-electron chi connectivity index (χ4n) is 3.78. The first-order valence-corrected chi connectivity index (χ1v) is 9.85. The van der Waals surface area contributed by atoms with Crippen LogP contribution in [0.1, 0.15) is 12.0 Å². The summed E-state index contributed by atoms with van der Waals surface area (Å²) >= 11 is 0. The van der Waals surface area contributed by atoms with Crippen LogP contribution in [0.25, 0.3) is 0 Å². The lowest BCUT2D eigenvalue weighted by Crippen LogP contribution is -2.52. The fourth-order valence-corrected chi connectivity index (χ4v) is 3.78. The molecular weight excluding hydrogens is 430 g/mol. The second-order valence-electron chi connectivity index (χ2n) is 7.73. The van der Waals surface area contributed by atoms with Crippen LogP contribution in [-0.4, -0.2) is 79.7 Å². The third kappa shape index (κ3) is 5.94. The Morgan fingerprint density at radius 3 is 2.19 bits per heavy atom. The first kappa shape index (κ1) is 23.5. The summed E-state index contributed by atoms with van der Waals surface area (Å²) in [6.07, 6.45) is -16.3. The van der Waals surface area contributed by atoms with Gasteiger partial charge in [-0.15, -0.1) is 0 Å². The van der Waals surface area contributed by atoms with E-state index in [0.717, 1.165) is 35.7 Å². The summed E-state index contributed by atoms with van der Waals surface area (Å²) in [7, 11) is 0. The topological polar surface area (TPSA) is 62.0 Å². The Morgan fingerprint density at radius 1 is 1.03 bits per heavy atom. The summed E-state index contributed by atoms with van der Waals surface area (Å²) in [5.41, 5.74) is 8.08. The largest absolute Gasteiger partial charge is 0.434 e. The first-order chi connectivity index (χ1) is 14.4. The Labute approximate surface area is 175 Å². The average molecular weight is 454 g/mol. The Bertz CT molecular complexity index is 751. The number of amides is 1. The molecule has 2 aliphatic rings. The predicted molar refractivity (Wildman–Crippen MR) is 100 cm³/mol. The number of halogens is 6. The SMILES string of the molecule is NC1CCN(c2ccccc2CN2CCN(C(=O)OC(C(F)(F)F)C(F)(F)F)CC2)C1. The maximum Gasteiger partial charge on any atom is 0.434 e. The van der Waals surface area contributed by atoms with E-state index in [2.05, 4.69) is 9.64 Å². The molecule has 174 valence electrons. The number of alkyl halides is 6. The highest BCUT2D eigenvalue weighted by Gasteiger charge is 2.60. The fraction of sp³-hybridized carbons (Fsp3) is 0.632. The molecular formula is C19H24F6N4O2. The molecule has 0 radical (unpaired) electrons. The summed E-state index contributed by atoms with van der Waals surface area (Å²) in [4.78, 5) is 16.9. The minimum Gasteiger partial charge on any atom is -0.426 e. The van der Waals surface area contributed by atoms with Crippen LogP contribution in [-0.2, 0) is 11.3 Å². The lowest BCUT2D eigenvalue weighted by molar-refractivity contribution is -0.308. The van der Waals surface area contributed by atoms with Gasteiger partial charge in [0.25, 0.3) is 6.10 Å². The molecule has 2 N–H and O–H groups in total. The zero-order chi connectivity index (χ0) is 22.8. The molecule has 2 heterocycles. The van der Waals surface area contributed by atoms with E-state index in [1.165, 1.54) is 0 Å². The molecule has 1 amide bonds. The summed E-state index contributed by atoms with van der Waals surface area (Å²) in [6.45, 7) is 2.67. The summed E-state index contributed by atoms with van der Waals surface area (Å²) in [5, 5.41) is 0. The summed E-state index contributed by atoms with van der Waals surface area (Å²) in [6, 6.07) is 7.90. The highest BCUT2D eigenvalue weighted by atomic mass is 19.4. The number of hydrogen-bond acceptors (Lipinski definition) is 5. The van der Waals surface area contributed by atoms with Gasteiger partial charge in [-0.25, -0.2) is 4.79 Å². The number of rotatable bonds is 4. The van der Waals surface area contributed by atoms with Crippen molar-refractivity contribution in [3.8, 4) is 0 Å². The number of para-hydroxylation sites is 1. The minimum absolute atomic E-state index is 0.0297. The van der Waals surface area contributed by atoms with Crippen molar-refractivity contribution < 1.29 is 35.9 Å². The van der Waals surface area contributed by atoms with Gasteiger partial charge in [0.2, 0.25) is 0 Å². The van der Waals surface area contributed by atoms with Crippen LogP contribution in [0.2, 0.25) is 0 Å². The molecule has 12 heteroatoms. The number of nitrogens with zero attached hydrogens (tertiary/aromatic N) is 3. The van der Waals surface area contributed by atoms with Crippen molar-refractivity contribution in [3.63, 3.8) is 0 Å². The quantitative estimate of drug-likeness (QED) is 0.709. The Kier molecular flexibility index (Phi) is 6.89. The number of ether oxygens (including phenoxy) is 1. The molecule has 31 heavy (non-hydrogen) atoms. The number of carbonyl (C=O) groups excluding carboxylic acids is 1. The Morgan fingerprint density at radius 2 is 1.65 bits per heavy atom. The molecule has 0 bridgehead atoms. The molecule has 0 aromatic heterocycles. The number of nitrogens with two attached hydrogens (primary N) is 1. The zero-order valence-electron chi connectivity index (χ0n) is 16.6. The van der Waals surface area contributed by atoms with Gasteiger partial charge >= 0.3 is 18.4 Å². The van der Waals surface area contributed by atoms with Crippen LogP contribution in [0, 0.1) is 0 Å². The third-order valence-electron chi connectivity index (χ3n) is 5.39. The van der Waals surface area contributed by atoms with Gasteiger partial charge in [-0.05, 0) is 18.1 Å². The van der Waals surface area contributed by atoms with Crippen LogP contribution >= 0.6 is 0 Å². The molecule has 0 saturated carbocycles. The van der Waals surface area contributed by atoms with Gasteiger partial charge in [-0.3, -0.25) is 4.90 Å². The lowest BCUT2D eigenvalue weighted by atomic mass is 10.1. The maximum atomic E-state index is 12.6. The average Bonchev–Trinajstić information content (AvgIpc) is 3.11. The second-order valence-corrected chi connectivity index (χ2v) is 7.73. The molecule has 6 nitrogen and oxygen atoms in total. The molecule has 2 fully saturated rings. The van der Waals surface area contributed by atoms with Crippen molar-refractivity contribution in [3.05, 3.63) is 29.8 Å². The van der Waals surface area contributed by atoms with Gasteiger partial charge < -0.3 is 20.3 Å². The number of anilines is 1. The maximum absolute atomic E-state index is 12.6. The van der Waals surface area contributed by atoms with Crippen molar-refractivity contribution >= 4 is 11.8 Å². The van der Waals surface area contributed by atoms with Crippen molar-refractivity contribution in [2.75, 3.05) is 44.2 Å². The van der Waals surface area contributed by atoms with Crippen molar-refractivity contribution in [1.82, 2.24) is 9.80 Å². The Hall–Kier alpha value is -2.21. The monoisotopic (exact) mass is 454 g/mol. The zero-order valence-corrected chi connectivity index (χ0v) is 16.6. The molecule has 1 aromatic carbocycles. The highest BCUT2D eigenvalue weighted by molar-refractivity contribution is 5.68. The molecule has 0 spiro atoms. The van der Waals surface area contributed by atoms with Crippen LogP contribution in [0.3, 0.4) is 0 Å². The molecule has 1 atom stereocenters. The van der Waals surface area contributed by atoms with E-state index >= 15 is 0 Å². The standard InChI is InChI=1S/C19H24F6N4O2/c20-18(21,22)16(19(23,24)25)31-17(30)28-9-7-27(8-10-28)11-13-3-1-2-4-15(13)29-6-5-14(26)12-29/h1-4,14,16H,5-12,26H2. The predicted octanol–water partition coefficient (Wildman–Crippen LogP) is 2.97. The number of hydrogen-bond donors (Lipinski definition) is 1. The van der Waals surface area contributed by atoms with Gasteiger partial charge in [0, 0.05) is 57.5 Å². The van der Waals surface area contributed by atoms with E-state index in [9.17, 15) is 31.1 Å². The number of piperazine rings is 1. The van der Waals surface area contributed by atoms with E-state index < -0.39 is 24.5 Å².